The Morgan fingerprint density at radius 2 is 1.79 bits per heavy atom. The summed E-state index contributed by atoms with van der Waals surface area (Å²) in [5.74, 6) is -0.0619. The molecule has 0 bridgehead atoms. The Morgan fingerprint density at radius 3 is 2.47 bits per heavy atom. The number of alkyl halides is 3. The summed E-state index contributed by atoms with van der Waals surface area (Å²) in [4.78, 5) is 7.76. The van der Waals surface area contributed by atoms with Gasteiger partial charge >= 0.3 is 6.18 Å². The van der Waals surface area contributed by atoms with Crippen LogP contribution in [0.4, 0.5) is 19.0 Å². The maximum absolute atomic E-state index is 12.8. The number of halogens is 3. The van der Waals surface area contributed by atoms with Gasteiger partial charge in [0.05, 0.1) is 5.56 Å². The van der Waals surface area contributed by atoms with E-state index < -0.39 is 11.7 Å². The van der Waals surface area contributed by atoms with E-state index in [0.29, 0.717) is 0 Å². The minimum atomic E-state index is -4.49. The normalized spacial score (nSPS) is 11.2. The average Bonchev–Trinajstić information content (AvgIpc) is 2.39. The Labute approximate surface area is 107 Å². The fraction of sp³-hybridized carbons (Fsp3) is 0.167. The molecule has 1 aromatic carbocycles. The molecule has 2 aromatic rings. The van der Waals surface area contributed by atoms with Gasteiger partial charge in [-0.05, 0) is 12.1 Å². The van der Waals surface area contributed by atoms with Gasteiger partial charge in [0.25, 0.3) is 5.88 Å². The van der Waals surface area contributed by atoms with Gasteiger partial charge in [0.1, 0.15) is 5.75 Å². The molecule has 100 valence electrons. The highest BCUT2D eigenvalue weighted by atomic mass is 19.4. The van der Waals surface area contributed by atoms with E-state index in [4.69, 9.17) is 4.74 Å². The first-order chi connectivity index (χ1) is 9.02. The molecule has 1 heterocycles. The molecule has 0 unspecified atom stereocenters. The number of aromatic nitrogens is 2. The first kappa shape index (κ1) is 13.1. The molecule has 2 rings (SSSR count). The van der Waals surface area contributed by atoms with Crippen LogP contribution in [0.1, 0.15) is 5.56 Å². The highest BCUT2D eigenvalue weighted by Crippen LogP contribution is 2.38. The lowest BCUT2D eigenvalue weighted by molar-refractivity contribution is -0.138. The minimum absolute atomic E-state index is 0.0123. The van der Waals surface area contributed by atoms with Crippen molar-refractivity contribution in [3.05, 3.63) is 42.2 Å². The van der Waals surface area contributed by atoms with E-state index in [1.54, 1.807) is 7.05 Å². The Morgan fingerprint density at radius 1 is 1.11 bits per heavy atom. The number of anilines is 1. The predicted octanol–water partition coefficient (Wildman–Crippen LogP) is 3.33. The van der Waals surface area contributed by atoms with Crippen molar-refractivity contribution in [2.75, 3.05) is 12.4 Å². The zero-order valence-electron chi connectivity index (χ0n) is 9.90. The quantitative estimate of drug-likeness (QED) is 0.928. The zero-order valence-corrected chi connectivity index (χ0v) is 9.90. The van der Waals surface area contributed by atoms with Crippen LogP contribution in [0.3, 0.4) is 0 Å². The SMILES string of the molecule is CNc1nccnc1Oc1ccccc1C(F)(F)F. The topological polar surface area (TPSA) is 47.0 Å². The van der Waals surface area contributed by atoms with Gasteiger partial charge in [0.15, 0.2) is 5.82 Å². The first-order valence-electron chi connectivity index (χ1n) is 5.35. The van der Waals surface area contributed by atoms with E-state index in [0.717, 1.165) is 6.07 Å². The molecule has 0 radical (unpaired) electrons. The summed E-state index contributed by atoms with van der Waals surface area (Å²) < 4.78 is 43.6. The second-order valence-electron chi connectivity index (χ2n) is 3.56. The number of para-hydroxylation sites is 1. The fourth-order valence-corrected chi connectivity index (χ4v) is 1.47. The molecule has 0 aliphatic carbocycles. The highest BCUT2D eigenvalue weighted by Gasteiger charge is 2.34. The summed E-state index contributed by atoms with van der Waals surface area (Å²) in [6.45, 7) is 0. The largest absolute Gasteiger partial charge is 0.435 e. The van der Waals surface area contributed by atoms with Crippen molar-refractivity contribution in [2.24, 2.45) is 0 Å². The van der Waals surface area contributed by atoms with E-state index in [1.807, 2.05) is 0 Å². The molecule has 1 N–H and O–H groups in total. The van der Waals surface area contributed by atoms with Gasteiger partial charge in [-0.2, -0.15) is 13.2 Å². The molecule has 7 heteroatoms. The van der Waals surface area contributed by atoms with Gasteiger partial charge in [-0.3, -0.25) is 0 Å². The molecule has 0 aliphatic rings. The molecule has 0 fully saturated rings. The van der Waals surface area contributed by atoms with Gasteiger partial charge < -0.3 is 10.1 Å². The second kappa shape index (κ2) is 5.13. The summed E-state index contributed by atoms with van der Waals surface area (Å²) in [5, 5.41) is 2.69. The van der Waals surface area contributed by atoms with Gasteiger partial charge in [-0.25, -0.2) is 9.97 Å². The molecule has 1 aromatic heterocycles. The zero-order chi connectivity index (χ0) is 13.9. The van der Waals surface area contributed by atoms with Gasteiger partial charge in [-0.15, -0.1) is 0 Å². The van der Waals surface area contributed by atoms with Crippen molar-refractivity contribution < 1.29 is 17.9 Å². The number of rotatable bonds is 3. The predicted molar refractivity (Wildman–Crippen MR) is 63.1 cm³/mol. The molecule has 0 aliphatic heterocycles. The van der Waals surface area contributed by atoms with Crippen LogP contribution in [0.2, 0.25) is 0 Å². The van der Waals surface area contributed by atoms with Crippen molar-refractivity contribution in [1.29, 1.82) is 0 Å². The number of nitrogens with zero attached hydrogens (tertiary/aromatic N) is 2. The molecule has 0 spiro atoms. The molecule has 0 saturated carbocycles. The standard InChI is InChI=1S/C12H10F3N3O/c1-16-10-11(18-7-6-17-10)19-9-5-3-2-4-8(9)12(13,14)15/h2-7H,1H3,(H,16,17). The van der Waals surface area contributed by atoms with Crippen LogP contribution in [-0.2, 0) is 6.18 Å². The van der Waals surface area contributed by atoms with Crippen LogP contribution in [0.5, 0.6) is 11.6 Å². The van der Waals surface area contributed by atoms with Crippen LogP contribution in [0.15, 0.2) is 36.7 Å². The number of ether oxygens (including phenoxy) is 1. The molecule has 19 heavy (non-hydrogen) atoms. The lowest BCUT2D eigenvalue weighted by Gasteiger charge is -2.13. The van der Waals surface area contributed by atoms with E-state index in [1.165, 1.54) is 30.6 Å². The van der Waals surface area contributed by atoms with E-state index >= 15 is 0 Å². The Kier molecular flexibility index (Phi) is 3.55. The van der Waals surface area contributed by atoms with Gasteiger partial charge in [0, 0.05) is 19.4 Å². The number of benzene rings is 1. The van der Waals surface area contributed by atoms with E-state index in [-0.39, 0.29) is 17.4 Å². The Bertz CT molecular complexity index is 572. The average molecular weight is 269 g/mol. The van der Waals surface area contributed by atoms with E-state index in [9.17, 15) is 13.2 Å². The lowest BCUT2D eigenvalue weighted by atomic mass is 10.2. The molecule has 0 amide bonds. The van der Waals surface area contributed by atoms with Crippen molar-refractivity contribution in [1.82, 2.24) is 9.97 Å². The third-order valence-electron chi connectivity index (χ3n) is 2.30. The van der Waals surface area contributed by atoms with Crippen LogP contribution < -0.4 is 10.1 Å². The van der Waals surface area contributed by atoms with Crippen LogP contribution in [-0.4, -0.2) is 17.0 Å². The third-order valence-corrected chi connectivity index (χ3v) is 2.30. The Balaban J connectivity index is 2.39. The van der Waals surface area contributed by atoms with Crippen molar-refractivity contribution >= 4 is 5.82 Å². The summed E-state index contributed by atoms with van der Waals surface area (Å²) in [6, 6.07) is 4.94. The smallest absolute Gasteiger partial charge is 0.419 e. The maximum Gasteiger partial charge on any atom is 0.419 e. The molecule has 4 nitrogen and oxygen atoms in total. The van der Waals surface area contributed by atoms with Crippen molar-refractivity contribution in [3.8, 4) is 11.6 Å². The van der Waals surface area contributed by atoms with Crippen LogP contribution in [0, 0.1) is 0 Å². The fourth-order valence-electron chi connectivity index (χ4n) is 1.47. The molecule has 0 saturated heterocycles. The molecular formula is C12H10F3N3O. The highest BCUT2D eigenvalue weighted by molar-refractivity contribution is 5.47. The Hall–Kier alpha value is -2.31. The second-order valence-corrected chi connectivity index (χ2v) is 3.56. The summed E-state index contributed by atoms with van der Waals surface area (Å²) in [5.41, 5.74) is -0.859. The van der Waals surface area contributed by atoms with Crippen LogP contribution >= 0.6 is 0 Å². The summed E-state index contributed by atoms with van der Waals surface area (Å²) in [6.07, 6.45) is -1.74. The molecular weight excluding hydrogens is 259 g/mol. The number of hydrogen-bond donors (Lipinski definition) is 1. The van der Waals surface area contributed by atoms with E-state index in [2.05, 4.69) is 15.3 Å². The maximum atomic E-state index is 12.8. The summed E-state index contributed by atoms with van der Waals surface area (Å²) >= 11 is 0. The molecule has 0 atom stereocenters. The monoisotopic (exact) mass is 269 g/mol. The lowest BCUT2D eigenvalue weighted by Crippen LogP contribution is -2.07. The number of nitrogens with one attached hydrogen (secondary N) is 1. The van der Waals surface area contributed by atoms with Crippen molar-refractivity contribution in [3.63, 3.8) is 0 Å². The minimum Gasteiger partial charge on any atom is -0.435 e. The third kappa shape index (κ3) is 2.93. The number of hydrogen-bond acceptors (Lipinski definition) is 4. The van der Waals surface area contributed by atoms with Crippen LogP contribution in [0.25, 0.3) is 0 Å². The van der Waals surface area contributed by atoms with Crippen molar-refractivity contribution in [2.45, 2.75) is 6.18 Å². The summed E-state index contributed by atoms with van der Waals surface area (Å²) in [7, 11) is 1.58. The van der Waals surface area contributed by atoms with Gasteiger partial charge in [-0.1, -0.05) is 12.1 Å². The first-order valence-corrected chi connectivity index (χ1v) is 5.35. The van der Waals surface area contributed by atoms with Gasteiger partial charge in [0.2, 0.25) is 0 Å².